The van der Waals surface area contributed by atoms with Crippen LogP contribution in [0.2, 0.25) is 15.1 Å². The van der Waals surface area contributed by atoms with Crippen molar-refractivity contribution >= 4 is 34.8 Å². The Hall–Kier alpha value is -0.890. The van der Waals surface area contributed by atoms with Crippen molar-refractivity contribution in [2.24, 2.45) is 0 Å². The van der Waals surface area contributed by atoms with E-state index in [-0.39, 0.29) is 0 Å². The molecule has 2 aromatic carbocycles. The van der Waals surface area contributed by atoms with Gasteiger partial charge < -0.3 is 4.74 Å². The second-order valence-corrected chi connectivity index (χ2v) is 4.47. The minimum absolute atomic E-state index is 0.538. The fraction of sp³-hybridized carbons (Fsp3) is 0. The van der Waals surface area contributed by atoms with Gasteiger partial charge in [-0.1, -0.05) is 34.8 Å². The van der Waals surface area contributed by atoms with E-state index >= 15 is 0 Å². The summed E-state index contributed by atoms with van der Waals surface area (Å²) in [4.78, 5) is 0. The molecule has 0 unspecified atom stereocenters. The fourth-order valence-corrected chi connectivity index (χ4v) is 1.86. The average Bonchev–Trinajstić information content (AvgIpc) is 2.20. The van der Waals surface area contributed by atoms with Gasteiger partial charge in [-0.15, -0.1) is 0 Å². The number of hydrogen-bond acceptors (Lipinski definition) is 1. The molecule has 82 valence electrons. The quantitative estimate of drug-likeness (QED) is 0.708. The Labute approximate surface area is 109 Å². The third-order valence-electron chi connectivity index (χ3n) is 1.89. The fourth-order valence-electron chi connectivity index (χ4n) is 1.23. The number of halogens is 3. The summed E-state index contributed by atoms with van der Waals surface area (Å²) in [7, 11) is 0. The monoisotopic (exact) mass is 272 g/mol. The molecule has 0 heterocycles. The van der Waals surface area contributed by atoms with Crippen molar-refractivity contribution < 1.29 is 4.74 Å². The molecule has 2 rings (SSSR count). The molecule has 2 aromatic rings. The molecular formula is C12H7Cl3O. The summed E-state index contributed by atoms with van der Waals surface area (Å²) in [6.07, 6.45) is 0. The molecule has 0 N–H and O–H groups in total. The average molecular weight is 274 g/mol. The van der Waals surface area contributed by atoms with Crippen LogP contribution in [0.3, 0.4) is 0 Å². The van der Waals surface area contributed by atoms with Crippen molar-refractivity contribution in [1.82, 2.24) is 0 Å². The minimum Gasteiger partial charge on any atom is -0.457 e. The first kappa shape index (κ1) is 11.6. The first-order valence-corrected chi connectivity index (χ1v) is 5.66. The predicted octanol–water partition coefficient (Wildman–Crippen LogP) is 5.44. The van der Waals surface area contributed by atoms with Crippen molar-refractivity contribution in [2.45, 2.75) is 0 Å². The Balaban J connectivity index is 2.23. The van der Waals surface area contributed by atoms with Crippen molar-refractivity contribution in [2.75, 3.05) is 0 Å². The second kappa shape index (κ2) is 4.96. The molecule has 0 atom stereocenters. The highest BCUT2D eigenvalue weighted by molar-refractivity contribution is 6.34. The summed E-state index contributed by atoms with van der Waals surface area (Å²) in [5.74, 6) is 1.28. The molecule has 0 aliphatic carbocycles. The highest BCUT2D eigenvalue weighted by atomic mass is 35.5. The van der Waals surface area contributed by atoms with E-state index in [0.29, 0.717) is 26.6 Å². The maximum absolute atomic E-state index is 5.86. The van der Waals surface area contributed by atoms with Crippen molar-refractivity contribution in [3.05, 3.63) is 57.5 Å². The van der Waals surface area contributed by atoms with E-state index in [1.54, 1.807) is 42.5 Å². The van der Waals surface area contributed by atoms with Gasteiger partial charge in [-0.05, 0) is 42.5 Å². The first-order chi connectivity index (χ1) is 7.63. The van der Waals surface area contributed by atoms with E-state index < -0.39 is 0 Å². The topological polar surface area (TPSA) is 9.23 Å². The maximum Gasteiger partial charge on any atom is 0.130 e. The van der Waals surface area contributed by atoms with Crippen LogP contribution in [-0.2, 0) is 0 Å². The van der Waals surface area contributed by atoms with Crippen LogP contribution >= 0.6 is 34.8 Å². The largest absolute Gasteiger partial charge is 0.457 e. The predicted molar refractivity (Wildman–Crippen MR) is 68.0 cm³/mol. The summed E-state index contributed by atoms with van der Waals surface area (Å²) >= 11 is 17.5. The highest BCUT2D eigenvalue weighted by Gasteiger charge is 2.01. The van der Waals surface area contributed by atoms with Crippen molar-refractivity contribution in [3.63, 3.8) is 0 Å². The van der Waals surface area contributed by atoms with Crippen molar-refractivity contribution in [1.29, 1.82) is 0 Å². The Morgan fingerprint density at radius 3 is 1.75 bits per heavy atom. The lowest BCUT2D eigenvalue weighted by atomic mass is 10.3. The van der Waals surface area contributed by atoms with Gasteiger partial charge in [0, 0.05) is 15.1 Å². The summed E-state index contributed by atoms with van der Waals surface area (Å²) in [6.45, 7) is 0. The van der Waals surface area contributed by atoms with Crippen LogP contribution in [0.1, 0.15) is 0 Å². The molecule has 0 saturated heterocycles. The van der Waals surface area contributed by atoms with E-state index in [9.17, 15) is 0 Å². The molecular weight excluding hydrogens is 266 g/mol. The van der Waals surface area contributed by atoms with Crippen LogP contribution in [0, 0.1) is 0 Å². The van der Waals surface area contributed by atoms with E-state index in [0.717, 1.165) is 0 Å². The summed E-state index contributed by atoms with van der Waals surface area (Å²) in [5, 5.41) is 1.74. The summed E-state index contributed by atoms with van der Waals surface area (Å²) in [6, 6.07) is 12.1. The molecule has 0 aliphatic rings. The Morgan fingerprint density at radius 2 is 1.19 bits per heavy atom. The third-order valence-corrected chi connectivity index (χ3v) is 2.57. The molecule has 1 nitrogen and oxygen atoms in total. The molecule has 4 heteroatoms. The van der Waals surface area contributed by atoms with Gasteiger partial charge in [-0.2, -0.15) is 0 Å². The van der Waals surface area contributed by atoms with E-state index in [2.05, 4.69) is 0 Å². The van der Waals surface area contributed by atoms with Crippen molar-refractivity contribution in [3.8, 4) is 11.5 Å². The standard InChI is InChI=1S/C12H7Cl3O/c13-8-1-3-11(4-2-8)16-12-6-9(14)5-10(15)7-12/h1-7H. The Bertz CT molecular complexity index is 474. The third kappa shape index (κ3) is 3.05. The van der Waals surface area contributed by atoms with Gasteiger partial charge in [0.1, 0.15) is 11.5 Å². The van der Waals surface area contributed by atoms with E-state index in [4.69, 9.17) is 39.5 Å². The van der Waals surface area contributed by atoms with Crippen LogP contribution in [0.15, 0.2) is 42.5 Å². The minimum atomic E-state index is 0.538. The molecule has 0 bridgehead atoms. The van der Waals surface area contributed by atoms with Crippen LogP contribution in [0.25, 0.3) is 0 Å². The lowest BCUT2D eigenvalue weighted by molar-refractivity contribution is 0.483. The Morgan fingerprint density at radius 1 is 0.625 bits per heavy atom. The molecule has 0 fully saturated rings. The molecule has 0 radical (unpaired) electrons. The van der Waals surface area contributed by atoms with Gasteiger partial charge in [-0.3, -0.25) is 0 Å². The summed E-state index contributed by atoms with van der Waals surface area (Å²) < 4.78 is 5.57. The zero-order chi connectivity index (χ0) is 11.5. The second-order valence-electron chi connectivity index (χ2n) is 3.16. The van der Waals surface area contributed by atoms with Gasteiger partial charge in [0.15, 0.2) is 0 Å². The van der Waals surface area contributed by atoms with Crippen LogP contribution in [0.4, 0.5) is 0 Å². The van der Waals surface area contributed by atoms with E-state index in [1.165, 1.54) is 0 Å². The SMILES string of the molecule is Clc1ccc(Oc2cc(Cl)cc(Cl)c2)cc1. The molecule has 0 saturated carbocycles. The number of ether oxygens (including phenoxy) is 1. The van der Waals surface area contributed by atoms with Gasteiger partial charge in [0.05, 0.1) is 0 Å². The van der Waals surface area contributed by atoms with Gasteiger partial charge >= 0.3 is 0 Å². The van der Waals surface area contributed by atoms with E-state index in [1.807, 2.05) is 0 Å². The Kier molecular flexibility index (Phi) is 3.59. The van der Waals surface area contributed by atoms with Gasteiger partial charge in [0.25, 0.3) is 0 Å². The zero-order valence-corrected chi connectivity index (χ0v) is 10.4. The number of hydrogen-bond donors (Lipinski definition) is 0. The lowest BCUT2D eigenvalue weighted by Gasteiger charge is -2.06. The van der Waals surface area contributed by atoms with Gasteiger partial charge in [-0.25, -0.2) is 0 Å². The molecule has 0 amide bonds. The number of benzene rings is 2. The van der Waals surface area contributed by atoms with Gasteiger partial charge in [0.2, 0.25) is 0 Å². The molecule has 0 aromatic heterocycles. The zero-order valence-electron chi connectivity index (χ0n) is 8.08. The normalized spacial score (nSPS) is 10.2. The number of rotatable bonds is 2. The van der Waals surface area contributed by atoms with Crippen LogP contribution in [0.5, 0.6) is 11.5 Å². The van der Waals surface area contributed by atoms with Crippen LogP contribution in [-0.4, -0.2) is 0 Å². The lowest BCUT2D eigenvalue weighted by Crippen LogP contribution is -1.83. The maximum atomic E-state index is 5.86. The smallest absolute Gasteiger partial charge is 0.130 e. The molecule has 16 heavy (non-hydrogen) atoms. The molecule has 0 spiro atoms. The molecule has 0 aliphatic heterocycles. The highest BCUT2D eigenvalue weighted by Crippen LogP contribution is 2.28. The van der Waals surface area contributed by atoms with Crippen LogP contribution < -0.4 is 4.74 Å². The summed E-state index contributed by atoms with van der Waals surface area (Å²) in [5.41, 5.74) is 0. The first-order valence-electron chi connectivity index (χ1n) is 4.53.